The topological polar surface area (TPSA) is 87.5 Å². The van der Waals surface area contributed by atoms with Gasteiger partial charge in [0.2, 0.25) is 5.91 Å². The number of hydrogen-bond donors (Lipinski definition) is 3. The van der Waals surface area contributed by atoms with Crippen LogP contribution in [0.25, 0.3) is 0 Å². The first kappa shape index (κ1) is 14.8. The fraction of sp³-hybridized carbons (Fsp3) is 0.385. The quantitative estimate of drug-likeness (QED) is 0.706. The summed E-state index contributed by atoms with van der Waals surface area (Å²) in [4.78, 5) is 24.9. The molecular formula is C13H20N4O2. The zero-order valence-electron chi connectivity index (χ0n) is 11.4. The van der Waals surface area contributed by atoms with Gasteiger partial charge >= 0.3 is 6.03 Å². The van der Waals surface area contributed by atoms with Crippen LogP contribution in [0.3, 0.4) is 0 Å². The van der Waals surface area contributed by atoms with Gasteiger partial charge in [0.1, 0.15) is 6.04 Å². The summed E-state index contributed by atoms with van der Waals surface area (Å²) in [7, 11) is 1.46. The highest BCUT2D eigenvalue weighted by Gasteiger charge is 2.21. The van der Waals surface area contributed by atoms with Crippen molar-refractivity contribution in [2.75, 3.05) is 24.2 Å². The summed E-state index contributed by atoms with van der Waals surface area (Å²) in [5.74, 6) is -0.358. The van der Waals surface area contributed by atoms with Crippen LogP contribution in [0.5, 0.6) is 0 Å². The Hall–Kier alpha value is -2.24. The smallest absolute Gasteiger partial charge is 0.321 e. The molecule has 0 aromatic heterocycles. The van der Waals surface area contributed by atoms with E-state index in [-0.39, 0.29) is 5.91 Å². The third-order valence-electron chi connectivity index (χ3n) is 2.85. The summed E-state index contributed by atoms with van der Waals surface area (Å²) in [5.41, 5.74) is 7.22. The highest BCUT2D eigenvalue weighted by Crippen LogP contribution is 2.19. The fourth-order valence-corrected chi connectivity index (χ4v) is 1.80. The Morgan fingerprint density at radius 3 is 2.63 bits per heavy atom. The Labute approximate surface area is 113 Å². The van der Waals surface area contributed by atoms with Gasteiger partial charge in [0.15, 0.2) is 0 Å². The molecule has 0 aliphatic carbocycles. The number of rotatable bonds is 4. The maximum atomic E-state index is 11.9. The monoisotopic (exact) mass is 264 g/mol. The number of likely N-dealkylation sites (N-methyl/N-ethyl adjacent to an activating group) is 1. The van der Waals surface area contributed by atoms with Gasteiger partial charge in [0.25, 0.3) is 0 Å². The lowest BCUT2D eigenvalue weighted by Crippen LogP contribution is -2.49. The molecule has 19 heavy (non-hydrogen) atoms. The van der Waals surface area contributed by atoms with E-state index < -0.39 is 12.1 Å². The van der Waals surface area contributed by atoms with Gasteiger partial charge < -0.3 is 16.0 Å². The standard InChI is InChI=1S/C13H20N4O2/c1-4-17(11-7-5-6-10(14)8-11)9(2)12(18)16-13(19)15-3/h5-9H,4,14H2,1-3H3,(H2,15,16,18,19). The van der Waals surface area contributed by atoms with E-state index in [2.05, 4.69) is 10.6 Å². The van der Waals surface area contributed by atoms with Crippen LogP contribution in [-0.2, 0) is 4.79 Å². The van der Waals surface area contributed by atoms with Gasteiger partial charge in [-0.2, -0.15) is 0 Å². The van der Waals surface area contributed by atoms with Gasteiger partial charge in [-0.25, -0.2) is 4.79 Å². The van der Waals surface area contributed by atoms with Crippen molar-refractivity contribution < 1.29 is 9.59 Å². The average molecular weight is 264 g/mol. The Morgan fingerprint density at radius 1 is 1.42 bits per heavy atom. The second-order valence-corrected chi connectivity index (χ2v) is 4.13. The molecule has 6 nitrogen and oxygen atoms in total. The lowest BCUT2D eigenvalue weighted by atomic mass is 10.2. The number of urea groups is 1. The van der Waals surface area contributed by atoms with Gasteiger partial charge in [0.05, 0.1) is 0 Å². The number of amides is 3. The zero-order valence-corrected chi connectivity index (χ0v) is 11.4. The molecule has 1 rings (SSSR count). The van der Waals surface area contributed by atoms with Crippen molar-refractivity contribution in [1.29, 1.82) is 0 Å². The summed E-state index contributed by atoms with van der Waals surface area (Å²) < 4.78 is 0. The number of nitrogens with two attached hydrogens (primary N) is 1. The molecule has 0 aliphatic heterocycles. The SMILES string of the molecule is CCN(c1cccc(N)c1)C(C)C(=O)NC(=O)NC. The van der Waals surface area contributed by atoms with Gasteiger partial charge in [0, 0.05) is 25.0 Å². The van der Waals surface area contributed by atoms with Gasteiger partial charge in [-0.3, -0.25) is 10.1 Å². The van der Waals surface area contributed by atoms with Crippen molar-refractivity contribution in [2.24, 2.45) is 0 Å². The van der Waals surface area contributed by atoms with Crippen LogP contribution in [0.1, 0.15) is 13.8 Å². The lowest BCUT2D eigenvalue weighted by Gasteiger charge is -2.29. The van der Waals surface area contributed by atoms with Gasteiger partial charge in [-0.15, -0.1) is 0 Å². The fourth-order valence-electron chi connectivity index (χ4n) is 1.80. The van der Waals surface area contributed by atoms with E-state index in [4.69, 9.17) is 5.73 Å². The molecule has 1 unspecified atom stereocenters. The molecule has 3 amide bonds. The van der Waals surface area contributed by atoms with E-state index in [1.807, 2.05) is 24.0 Å². The number of nitrogen functional groups attached to an aromatic ring is 1. The van der Waals surface area contributed by atoms with Crippen LogP contribution < -0.4 is 21.3 Å². The molecule has 0 heterocycles. The van der Waals surface area contributed by atoms with Crippen molar-refractivity contribution in [3.05, 3.63) is 24.3 Å². The molecule has 0 saturated heterocycles. The van der Waals surface area contributed by atoms with E-state index >= 15 is 0 Å². The largest absolute Gasteiger partial charge is 0.399 e. The molecule has 1 atom stereocenters. The number of imide groups is 1. The summed E-state index contributed by atoms with van der Waals surface area (Å²) in [5, 5.41) is 4.61. The second-order valence-electron chi connectivity index (χ2n) is 4.13. The van der Waals surface area contributed by atoms with E-state index in [1.165, 1.54) is 7.05 Å². The number of nitrogens with one attached hydrogen (secondary N) is 2. The highest BCUT2D eigenvalue weighted by molar-refractivity contribution is 5.98. The third-order valence-corrected chi connectivity index (χ3v) is 2.85. The number of hydrogen-bond acceptors (Lipinski definition) is 4. The molecule has 0 spiro atoms. The van der Waals surface area contributed by atoms with Crippen molar-refractivity contribution in [3.63, 3.8) is 0 Å². The molecule has 0 radical (unpaired) electrons. The van der Waals surface area contributed by atoms with Crippen LogP contribution in [-0.4, -0.2) is 31.6 Å². The predicted molar refractivity (Wildman–Crippen MR) is 75.9 cm³/mol. The molecule has 0 fully saturated rings. The summed E-state index contributed by atoms with van der Waals surface area (Å²) in [6.45, 7) is 4.31. The normalized spacial score (nSPS) is 11.5. The Bertz CT molecular complexity index is 462. The summed E-state index contributed by atoms with van der Waals surface area (Å²) in [6, 6.07) is 6.31. The third kappa shape index (κ3) is 3.87. The highest BCUT2D eigenvalue weighted by atomic mass is 16.2. The van der Waals surface area contributed by atoms with E-state index in [1.54, 1.807) is 19.1 Å². The van der Waals surface area contributed by atoms with Crippen molar-refractivity contribution in [3.8, 4) is 0 Å². The van der Waals surface area contributed by atoms with Crippen LogP contribution in [0.15, 0.2) is 24.3 Å². The lowest BCUT2D eigenvalue weighted by molar-refractivity contribution is -0.120. The van der Waals surface area contributed by atoms with Crippen molar-refractivity contribution >= 4 is 23.3 Å². The first-order valence-corrected chi connectivity index (χ1v) is 6.14. The summed E-state index contributed by atoms with van der Waals surface area (Å²) >= 11 is 0. The van der Waals surface area contributed by atoms with Crippen LogP contribution >= 0.6 is 0 Å². The maximum absolute atomic E-state index is 11.9. The molecule has 1 aromatic carbocycles. The Kier molecular flexibility index (Phi) is 5.17. The van der Waals surface area contributed by atoms with Gasteiger partial charge in [-0.1, -0.05) is 6.07 Å². The number of carbonyl (C=O) groups excluding carboxylic acids is 2. The first-order chi connectivity index (χ1) is 8.99. The summed E-state index contributed by atoms with van der Waals surface area (Å²) in [6.07, 6.45) is 0. The van der Waals surface area contributed by atoms with Crippen LogP contribution in [0, 0.1) is 0 Å². The van der Waals surface area contributed by atoms with E-state index in [9.17, 15) is 9.59 Å². The molecule has 0 bridgehead atoms. The van der Waals surface area contributed by atoms with Crippen molar-refractivity contribution in [1.82, 2.24) is 10.6 Å². The molecule has 0 saturated carbocycles. The molecular weight excluding hydrogens is 244 g/mol. The Morgan fingerprint density at radius 2 is 2.11 bits per heavy atom. The number of carbonyl (C=O) groups is 2. The van der Waals surface area contributed by atoms with Gasteiger partial charge in [-0.05, 0) is 32.0 Å². The minimum Gasteiger partial charge on any atom is -0.399 e. The minimum atomic E-state index is -0.513. The molecule has 0 aliphatic rings. The Balaban J connectivity index is 2.85. The first-order valence-electron chi connectivity index (χ1n) is 6.14. The minimum absolute atomic E-state index is 0.358. The van der Waals surface area contributed by atoms with E-state index in [0.717, 1.165) is 5.69 Å². The number of anilines is 2. The maximum Gasteiger partial charge on any atom is 0.321 e. The molecule has 104 valence electrons. The van der Waals surface area contributed by atoms with E-state index in [0.29, 0.717) is 12.2 Å². The van der Waals surface area contributed by atoms with Crippen LogP contribution in [0.2, 0.25) is 0 Å². The molecule has 1 aromatic rings. The van der Waals surface area contributed by atoms with Crippen molar-refractivity contribution in [2.45, 2.75) is 19.9 Å². The number of nitrogens with zero attached hydrogens (tertiary/aromatic N) is 1. The molecule has 6 heteroatoms. The zero-order chi connectivity index (χ0) is 14.4. The number of benzene rings is 1. The second kappa shape index (κ2) is 6.63. The predicted octanol–water partition coefficient (Wildman–Crippen LogP) is 0.939. The molecule has 4 N–H and O–H groups in total. The van der Waals surface area contributed by atoms with Crippen LogP contribution in [0.4, 0.5) is 16.2 Å². The average Bonchev–Trinajstić information content (AvgIpc) is 2.39.